The summed E-state index contributed by atoms with van der Waals surface area (Å²) in [6.07, 6.45) is 5.65. The predicted molar refractivity (Wildman–Crippen MR) is 123 cm³/mol. The molecule has 10 heteroatoms. The summed E-state index contributed by atoms with van der Waals surface area (Å²) >= 11 is 0. The fraction of sp³-hybridized carbons (Fsp3) is 0.348. The Morgan fingerprint density at radius 3 is 2.61 bits per heavy atom. The lowest BCUT2D eigenvalue weighted by atomic mass is 10.1. The van der Waals surface area contributed by atoms with Crippen LogP contribution in [0, 0.1) is 25.2 Å². The largest absolute Gasteiger partial charge is 0.360 e. The average molecular weight is 468 g/mol. The number of nitriles is 1. The first kappa shape index (κ1) is 22.8. The molecule has 2 aromatic heterocycles. The van der Waals surface area contributed by atoms with E-state index in [-0.39, 0.29) is 29.7 Å². The number of hydrogen-bond acceptors (Lipinski definition) is 6. The van der Waals surface area contributed by atoms with Gasteiger partial charge in [0.1, 0.15) is 10.6 Å². The Labute approximate surface area is 192 Å². The van der Waals surface area contributed by atoms with E-state index in [9.17, 15) is 13.2 Å². The first-order chi connectivity index (χ1) is 15.8. The lowest BCUT2D eigenvalue weighted by Gasteiger charge is -2.33. The minimum atomic E-state index is -3.72. The van der Waals surface area contributed by atoms with E-state index >= 15 is 0 Å². The van der Waals surface area contributed by atoms with Crippen molar-refractivity contribution in [3.63, 3.8) is 0 Å². The minimum Gasteiger partial charge on any atom is -0.360 e. The summed E-state index contributed by atoms with van der Waals surface area (Å²) in [7, 11) is -3.72. The Morgan fingerprint density at radius 2 is 1.94 bits per heavy atom. The van der Waals surface area contributed by atoms with Crippen molar-refractivity contribution in [2.45, 2.75) is 31.7 Å². The molecule has 0 saturated carbocycles. The number of hydrogen-bond donors (Lipinski definition) is 0. The molecule has 1 aliphatic rings. The molecule has 1 saturated heterocycles. The third-order valence-electron chi connectivity index (χ3n) is 5.81. The summed E-state index contributed by atoms with van der Waals surface area (Å²) in [6.45, 7) is 4.78. The molecular formula is C23H25N5O4S. The van der Waals surface area contributed by atoms with E-state index < -0.39 is 10.0 Å². The van der Waals surface area contributed by atoms with Crippen molar-refractivity contribution in [3.8, 4) is 6.07 Å². The Morgan fingerprint density at radius 1 is 1.21 bits per heavy atom. The molecule has 1 fully saturated rings. The molecule has 3 aromatic rings. The Hall–Kier alpha value is -3.42. The highest BCUT2D eigenvalue weighted by Gasteiger charge is 2.33. The topological polar surface area (TPSA) is 112 Å². The van der Waals surface area contributed by atoms with Crippen molar-refractivity contribution in [1.82, 2.24) is 18.9 Å². The highest BCUT2D eigenvalue weighted by atomic mass is 32.2. The molecule has 0 atom stereocenters. The third-order valence-corrected chi connectivity index (χ3v) is 7.95. The van der Waals surface area contributed by atoms with Gasteiger partial charge in [-0.05, 0) is 26.0 Å². The van der Waals surface area contributed by atoms with Crippen molar-refractivity contribution in [3.05, 3.63) is 53.6 Å². The van der Waals surface area contributed by atoms with Crippen LogP contribution in [0.15, 0.2) is 46.0 Å². The van der Waals surface area contributed by atoms with Gasteiger partial charge in [0.2, 0.25) is 15.9 Å². The van der Waals surface area contributed by atoms with Crippen LogP contribution in [0.5, 0.6) is 0 Å². The first-order valence-electron chi connectivity index (χ1n) is 10.7. The number of amides is 1. The van der Waals surface area contributed by atoms with Gasteiger partial charge in [0, 0.05) is 61.5 Å². The van der Waals surface area contributed by atoms with E-state index in [2.05, 4.69) is 11.2 Å². The summed E-state index contributed by atoms with van der Waals surface area (Å²) in [6, 6.07) is 10.0. The summed E-state index contributed by atoms with van der Waals surface area (Å²) in [5, 5.41) is 13.7. The number of piperazine rings is 1. The van der Waals surface area contributed by atoms with E-state index in [1.54, 1.807) is 24.8 Å². The summed E-state index contributed by atoms with van der Waals surface area (Å²) in [4.78, 5) is 14.5. The third kappa shape index (κ3) is 4.42. The smallest absolute Gasteiger partial charge is 0.248 e. The summed E-state index contributed by atoms with van der Waals surface area (Å²) < 4.78 is 34.3. The molecule has 9 nitrogen and oxygen atoms in total. The fourth-order valence-electron chi connectivity index (χ4n) is 4.15. The maximum absolute atomic E-state index is 13.0. The number of aromatic nitrogens is 2. The van der Waals surface area contributed by atoms with Crippen molar-refractivity contribution in [1.29, 1.82) is 5.26 Å². The molecule has 1 aliphatic heterocycles. The highest BCUT2D eigenvalue weighted by Crippen LogP contribution is 2.25. The van der Waals surface area contributed by atoms with Crippen LogP contribution in [0.1, 0.15) is 23.4 Å². The Balaban J connectivity index is 1.44. The second-order valence-electron chi connectivity index (χ2n) is 7.92. The molecule has 4 rings (SSSR count). The number of para-hydroxylation sites is 1. The second-order valence-corrected chi connectivity index (χ2v) is 9.79. The number of carbonyl (C=O) groups excluding carboxylic acids is 1. The molecular weight excluding hydrogens is 442 g/mol. The maximum atomic E-state index is 13.0. The van der Waals surface area contributed by atoms with Crippen molar-refractivity contribution < 1.29 is 17.7 Å². The number of sulfonamides is 1. The van der Waals surface area contributed by atoms with E-state index in [0.717, 1.165) is 16.5 Å². The molecule has 0 unspecified atom stereocenters. The van der Waals surface area contributed by atoms with Crippen LogP contribution in [0.4, 0.5) is 0 Å². The van der Waals surface area contributed by atoms with Crippen molar-refractivity contribution in [2.75, 3.05) is 26.2 Å². The average Bonchev–Trinajstić information content (AvgIpc) is 3.35. The summed E-state index contributed by atoms with van der Waals surface area (Å²) in [5.41, 5.74) is 2.25. The van der Waals surface area contributed by atoms with E-state index in [1.165, 1.54) is 10.4 Å². The van der Waals surface area contributed by atoms with Gasteiger partial charge < -0.3 is 14.0 Å². The lowest BCUT2D eigenvalue weighted by molar-refractivity contribution is -0.127. The number of rotatable bonds is 6. The van der Waals surface area contributed by atoms with Crippen LogP contribution in [-0.4, -0.2) is 59.4 Å². The normalized spacial score (nSPS) is 15.4. The zero-order chi connectivity index (χ0) is 23.6. The number of aryl methyl sites for hydroxylation is 3. The highest BCUT2D eigenvalue weighted by molar-refractivity contribution is 7.89. The zero-order valence-electron chi connectivity index (χ0n) is 18.6. The fourth-order valence-corrected chi connectivity index (χ4v) is 5.86. The van der Waals surface area contributed by atoms with Gasteiger partial charge in [0.25, 0.3) is 0 Å². The van der Waals surface area contributed by atoms with Crippen LogP contribution in [-0.2, 0) is 21.4 Å². The summed E-state index contributed by atoms with van der Waals surface area (Å²) in [5.74, 6) is 0.0983. The molecule has 0 aliphatic carbocycles. The molecule has 1 amide bonds. The molecule has 0 bridgehead atoms. The molecule has 0 spiro atoms. The van der Waals surface area contributed by atoms with E-state index in [1.807, 2.05) is 35.0 Å². The molecule has 0 radical (unpaired) electrons. The van der Waals surface area contributed by atoms with Gasteiger partial charge in [-0.2, -0.15) is 9.57 Å². The number of carbonyl (C=O) groups is 1. The van der Waals surface area contributed by atoms with Crippen LogP contribution >= 0.6 is 0 Å². The quantitative estimate of drug-likeness (QED) is 0.515. The monoisotopic (exact) mass is 467 g/mol. The van der Waals surface area contributed by atoms with Gasteiger partial charge in [-0.25, -0.2) is 8.42 Å². The van der Waals surface area contributed by atoms with Crippen LogP contribution in [0.3, 0.4) is 0 Å². The number of fused-ring (bicyclic) bond motifs is 1. The first-order valence-corrected chi connectivity index (χ1v) is 12.1. The molecule has 3 heterocycles. The molecule has 1 aromatic carbocycles. The van der Waals surface area contributed by atoms with Gasteiger partial charge in [-0.15, -0.1) is 0 Å². The zero-order valence-corrected chi connectivity index (χ0v) is 19.4. The Kier molecular flexibility index (Phi) is 6.35. The van der Waals surface area contributed by atoms with Crippen LogP contribution in [0.2, 0.25) is 0 Å². The van der Waals surface area contributed by atoms with Gasteiger partial charge >= 0.3 is 0 Å². The van der Waals surface area contributed by atoms with Crippen LogP contribution in [0.25, 0.3) is 17.0 Å². The van der Waals surface area contributed by atoms with Gasteiger partial charge in [-0.3, -0.25) is 4.79 Å². The second kappa shape index (κ2) is 9.21. The minimum absolute atomic E-state index is 0.106. The molecule has 0 N–H and O–H groups in total. The number of benzene rings is 1. The predicted octanol–water partition coefficient (Wildman–Crippen LogP) is 2.71. The maximum Gasteiger partial charge on any atom is 0.248 e. The standard InChI is InChI=1S/C23H25N5O4S/c1-17-23(18(2)32-25-17)33(30,31)28-14-12-26(13-15-28)22(29)9-8-19-16-27(11-5-10-24)21-7-4-3-6-20(19)21/h3-4,6-9,16H,5,11-15H2,1-2H3/b9-8+. The van der Waals surface area contributed by atoms with Crippen molar-refractivity contribution in [2.24, 2.45) is 0 Å². The molecule has 33 heavy (non-hydrogen) atoms. The van der Waals surface area contributed by atoms with Gasteiger partial charge in [0.05, 0.1) is 12.5 Å². The van der Waals surface area contributed by atoms with Gasteiger partial charge in [0.15, 0.2) is 5.76 Å². The lowest BCUT2D eigenvalue weighted by Crippen LogP contribution is -2.50. The Bertz CT molecular complexity index is 1340. The van der Waals surface area contributed by atoms with Crippen LogP contribution < -0.4 is 0 Å². The SMILES string of the molecule is Cc1noc(C)c1S(=O)(=O)N1CCN(C(=O)/C=C/c2cn(CCC#N)c3ccccc23)CC1. The van der Waals surface area contributed by atoms with E-state index in [4.69, 9.17) is 9.78 Å². The molecule has 172 valence electrons. The van der Waals surface area contributed by atoms with E-state index in [0.29, 0.717) is 31.7 Å². The van der Waals surface area contributed by atoms with Gasteiger partial charge in [-0.1, -0.05) is 23.4 Å². The van der Waals surface area contributed by atoms with Crippen molar-refractivity contribution >= 4 is 32.9 Å². The number of nitrogens with zero attached hydrogens (tertiary/aromatic N) is 5.